The summed E-state index contributed by atoms with van der Waals surface area (Å²) in [6.07, 6.45) is -3.86. The number of ether oxygens (including phenoxy) is 1. The summed E-state index contributed by atoms with van der Waals surface area (Å²) in [6.45, 7) is 1.11. The van der Waals surface area contributed by atoms with Crippen molar-refractivity contribution in [2.45, 2.75) is 13.1 Å². The Morgan fingerprint density at radius 1 is 1.33 bits per heavy atom. The van der Waals surface area contributed by atoms with Gasteiger partial charge in [-0.05, 0) is 12.1 Å². The Hall–Kier alpha value is -2.05. The number of halogens is 4. The van der Waals surface area contributed by atoms with Crippen LogP contribution in [0.2, 0.25) is 0 Å². The van der Waals surface area contributed by atoms with Crippen molar-refractivity contribution >= 4 is 16.9 Å². The molecule has 18 heavy (non-hydrogen) atoms. The number of benzene rings is 1. The largest absolute Gasteiger partial charge is 0.460 e. The third-order valence-electron chi connectivity index (χ3n) is 2.19. The maximum Gasteiger partial charge on any atom is 0.419 e. The van der Waals surface area contributed by atoms with Crippen molar-refractivity contribution in [1.29, 1.82) is 0 Å². The van der Waals surface area contributed by atoms with Crippen molar-refractivity contribution in [3.8, 4) is 5.75 Å². The van der Waals surface area contributed by atoms with Crippen LogP contribution in [0, 0.1) is 5.82 Å². The van der Waals surface area contributed by atoms with Gasteiger partial charge in [-0.15, -0.1) is 0 Å². The van der Waals surface area contributed by atoms with Gasteiger partial charge in [0.05, 0.1) is 10.9 Å². The van der Waals surface area contributed by atoms with Crippen LogP contribution in [0.5, 0.6) is 5.75 Å². The Balaban J connectivity index is 2.59. The van der Waals surface area contributed by atoms with E-state index in [2.05, 4.69) is 4.74 Å². The topological polar surface area (TPSA) is 39.4 Å². The first kappa shape index (κ1) is 12.4. The summed E-state index contributed by atoms with van der Waals surface area (Å²) in [5.41, 5.74) is -1.64. The van der Waals surface area contributed by atoms with E-state index in [1.807, 2.05) is 0 Å². The minimum absolute atomic E-state index is 0.0318. The SMILES string of the molecule is CC(=O)Oc1coc2cc(C(F)(F)F)c(F)cc12. The summed E-state index contributed by atoms with van der Waals surface area (Å²) in [5.74, 6) is -2.26. The molecule has 0 unspecified atom stereocenters. The molecule has 0 amide bonds. The molecule has 1 aromatic heterocycles. The summed E-state index contributed by atoms with van der Waals surface area (Å²) in [6, 6.07) is 1.15. The van der Waals surface area contributed by atoms with Crippen molar-refractivity contribution in [3.63, 3.8) is 0 Å². The Bertz CT molecular complexity index is 613. The maximum absolute atomic E-state index is 13.3. The molecule has 0 spiro atoms. The van der Waals surface area contributed by atoms with Gasteiger partial charge in [-0.1, -0.05) is 0 Å². The second-order valence-electron chi connectivity index (χ2n) is 3.52. The molecule has 2 aromatic rings. The quantitative estimate of drug-likeness (QED) is 0.583. The van der Waals surface area contributed by atoms with Gasteiger partial charge in [-0.25, -0.2) is 4.39 Å². The molecule has 3 nitrogen and oxygen atoms in total. The lowest BCUT2D eigenvalue weighted by atomic mass is 10.1. The van der Waals surface area contributed by atoms with E-state index in [1.165, 1.54) is 0 Å². The summed E-state index contributed by atoms with van der Waals surface area (Å²) in [4.78, 5) is 10.7. The van der Waals surface area contributed by atoms with E-state index < -0.39 is 23.5 Å². The fourth-order valence-electron chi connectivity index (χ4n) is 1.48. The standard InChI is InChI=1S/C11H6F4O3/c1-5(16)18-10-4-17-9-3-7(11(13,14)15)8(12)2-6(9)10/h2-4H,1H3. The second-order valence-corrected chi connectivity index (χ2v) is 3.52. The van der Waals surface area contributed by atoms with E-state index in [-0.39, 0.29) is 16.7 Å². The van der Waals surface area contributed by atoms with Crippen molar-refractivity contribution in [1.82, 2.24) is 0 Å². The Kier molecular flexibility index (Phi) is 2.76. The number of carbonyl (C=O) groups excluding carboxylic acids is 1. The third kappa shape index (κ3) is 2.15. The number of esters is 1. The molecule has 96 valence electrons. The molecule has 2 rings (SSSR count). The van der Waals surface area contributed by atoms with Gasteiger partial charge in [0.2, 0.25) is 0 Å². The second kappa shape index (κ2) is 4.01. The molecule has 0 bridgehead atoms. The van der Waals surface area contributed by atoms with E-state index in [0.29, 0.717) is 12.1 Å². The minimum atomic E-state index is -4.81. The van der Waals surface area contributed by atoms with Gasteiger partial charge in [0.15, 0.2) is 5.75 Å². The molecule has 0 N–H and O–H groups in total. The van der Waals surface area contributed by atoms with Crippen LogP contribution in [0.3, 0.4) is 0 Å². The number of alkyl halides is 3. The maximum atomic E-state index is 13.3. The first-order chi connectivity index (χ1) is 8.29. The smallest absolute Gasteiger partial charge is 0.419 e. The highest BCUT2D eigenvalue weighted by Crippen LogP contribution is 2.37. The average Bonchev–Trinajstić information content (AvgIpc) is 2.57. The van der Waals surface area contributed by atoms with E-state index in [0.717, 1.165) is 13.2 Å². The van der Waals surface area contributed by atoms with Crippen molar-refractivity contribution in [3.05, 3.63) is 29.8 Å². The van der Waals surface area contributed by atoms with Gasteiger partial charge in [0.1, 0.15) is 17.7 Å². The number of rotatable bonds is 1. The van der Waals surface area contributed by atoms with Gasteiger partial charge in [-0.3, -0.25) is 4.79 Å². The lowest BCUT2D eigenvalue weighted by Crippen LogP contribution is -2.07. The van der Waals surface area contributed by atoms with E-state index in [1.54, 1.807) is 0 Å². The minimum Gasteiger partial charge on any atom is -0.460 e. The number of carbonyl (C=O) groups is 1. The van der Waals surface area contributed by atoms with Crippen molar-refractivity contribution < 1.29 is 31.5 Å². The molecule has 0 saturated carbocycles. The van der Waals surface area contributed by atoms with Crippen molar-refractivity contribution in [2.24, 2.45) is 0 Å². The zero-order valence-corrected chi connectivity index (χ0v) is 8.97. The zero-order chi connectivity index (χ0) is 13.5. The first-order valence-corrected chi connectivity index (χ1v) is 4.75. The molecule has 1 aromatic carbocycles. The molecule has 0 aliphatic heterocycles. The molecule has 1 heterocycles. The van der Waals surface area contributed by atoms with Crippen LogP contribution in [-0.2, 0) is 11.0 Å². The molecule has 0 atom stereocenters. The van der Waals surface area contributed by atoms with Crippen molar-refractivity contribution in [2.75, 3.05) is 0 Å². The van der Waals surface area contributed by atoms with E-state index >= 15 is 0 Å². The first-order valence-electron chi connectivity index (χ1n) is 4.75. The summed E-state index contributed by atoms with van der Waals surface area (Å²) in [5, 5.41) is -0.0318. The molecule has 0 saturated heterocycles. The molecule has 7 heteroatoms. The summed E-state index contributed by atoms with van der Waals surface area (Å²) >= 11 is 0. The fraction of sp³-hybridized carbons (Fsp3) is 0.182. The Morgan fingerprint density at radius 3 is 2.56 bits per heavy atom. The Morgan fingerprint density at radius 2 is 2.00 bits per heavy atom. The molecule has 0 fully saturated rings. The van der Waals surface area contributed by atoms with Gasteiger partial charge in [-0.2, -0.15) is 13.2 Å². The number of fused-ring (bicyclic) bond motifs is 1. The molecule has 0 radical (unpaired) electrons. The fourth-order valence-corrected chi connectivity index (χ4v) is 1.48. The molecule has 0 aliphatic carbocycles. The van der Waals surface area contributed by atoms with Gasteiger partial charge in [0.25, 0.3) is 0 Å². The number of hydrogen-bond donors (Lipinski definition) is 0. The molecular weight excluding hydrogens is 256 g/mol. The van der Waals surface area contributed by atoms with Crippen LogP contribution in [0.25, 0.3) is 11.0 Å². The van der Waals surface area contributed by atoms with Crippen LogP contribution in [0.15, 0.2) is 22.8 Å². The monoisotopic (exact) mass is 262 g/mol. The normalized spacial score (nSPS) is 11.8. The molecule has 0 aliphatic rings. The van der Waals surface area contributed by atoms with Crippen LogP contribution >= 0.6 is 0 Å². The average molecular weight is 262 g/mol. The number of furan rings is 1. The molecular formula is C11H6F4O3. The highest BCUT2D eigenvalue weighted by atomic mass is 19.4. The predicted octanol–water partition coefficient (Wildman–Crippen LogP) is 3.52. The number of hydrogen-bond acceptors (Lipinski definition) is 3. The summed E-state index contributed by atoms with van der Waals surface area (Å²) < 4.78 is 60.1. The van der Waals surface area contributed by atoms with Gasteiger partial charge in [0, 0.05) is 6.92 Å². The third-order valence-corrected chi connectivity index (χ3v) is 2.19. The Labute approximate surface area is 97.9 Å². The predicted molar refractivity (Wildman–Crippen MR) is 52.5 cm³/mol. The zero-order valence-electron chi connectivity index (χ0n) is 8.97. The highest BCUT2D eigenvalue weighted by Gasteiger charge is 2.35. The van der Waals surface area contributed by atoms with Crippen LogP contribution in [0.1, 0.15) is 12.5 Å². The lowest BCUT2D eigenvalue weighted by molar-refractivity contribution is -0.140. The highest BCUT2D eigenvalue weighted by molar-refractivity contribution is 5.87. The summed E-state index contributed by atoms with van der Waals surface area (Å²) in [7, 11) is 0. The van der Waals surface area contributed by atoms with Crippen LogP contribution in [0.4, 0.5) is 17.6 Å². The van der Waals surface area contributed by atoms with Gasteiger partial charge >= 0.3 is 12.1 Å². The van der Waals surface area contributed by atoms with Crippen LogP contribution in [-0.4, -0.2) is 5.97 Å². The van der Waals surface area contributed by atoms with Gasteiger partial charge < -0.3 is 9.15 Å². The lowest BCUT2D eigenvalue weighted by Gasteiger charge is -2.07. The van der Waals surface area contributed by atoms with Crippen LogP contribution < -0.4 is 4.74 Å². The van der Waals surface area contributed by atoms with E-state index in [4.69, 9.17) is 4.42 Å². The van der Waals surface area contributed by atoms with E-state index in [9.17, 15) is 22.4 Å².